The number of nitriles is 1. The summed E-state index contributed by atoms with van der Waals surface area (Å²) in [5.74, 6) is 0. The second-order valence-electron chi connectivity index (χ2n) is 3.27. The lowest BCUT2D eigenvalue weighted by Crippen LogP contribution is -1.86. The van der Waals surface area contributed by atoms with Gasteiger partial charge in [-0.2, -0.15) is 5.26 Å². The van der Waals surface area contributed by atoms with Crippen LogP contribution in [0.25, 0.3) is 0 Å². The zero-order valence-corrected chi connectivity index (χ0v) is 11.9. The molecule has 0 bridgehead atoms. The smallest absolute Gasteiger partial charge is 0.121 e. The summed E-state index contributed by atoms with van der Waals surface area (Å²) in [7, 11) is 0. The van der Waals surface area contributed by atoms with Crippen molar-refractivity contribution in [3.05, 3.63) is 51.1 Å². The Hall–Kier alpha value is -0.920. The van der Waals surface area contributed by atoms with E-state index in [2.05, 4.69) is 4.98 Å². The highest BCUT2D eigenvalue weighted by atomic mass is 35.5. The second kappa shape index (κ2) is 5.81. The number of benzene rings is 1. The standard InChI is InChI=1S/C12H5Cl3N2S/c13-8-1-2-9(14)10(5-8)18-12-11(15)7(6-16)3-4-17-12/h1-5H. The molecule has 0 amide bonds. The number of hydrogen-bond donors (Lipinski definition) is 0. The van der Waals surface area contributed by atoms with E-state index in [4.69, 9.17) is 40.1 Å². The minimum Gasteiger partial charge on any atom is -0.248 e. The van der Waals surface area contributed by atoms with E-state index >= 15 is 0 Å². The Morgan fingerprint density at radius 3 is 2.67 bits per heavy atom. The Morgan fingerprint density at radius 1 is 1.17 bits per heavy atom. The number of nitrogens with zero attached hydrogens (tertiary/aromatic N) is 2. The number of halogens is 3. The third-order valence-corrected chi connectivity index (χ3v) is 4.31. The highest BCUT2D eigenvalue weighted by molar-refractivity contribution is 7.99. The van der Waals surface area contributed by atoms with Crippen LogP contribution in [0.3, 0.4) is 0 Å². The maximum Gasteiger partial charge on any atom is 0.121 e. The minimum absolute atomic E-state index is 0.320. The fourth-order valence-corrected chi connectivity index (χ4v) is 2.85. The predicted molar refractivity (Wildman–Crippen MR) is 74.5 cm³/mol. The zero-order valence-electron chi connectivity index (χ0n) is 8.82. The molecule has 1 aromatic carbocycles. The molecule has 0 radical (unpaired) electrons. The molecule has 0 fully saturated rings. The molecule has 0 saturated heterocycles. The van der Waals surface area contributed by atoms with Gasteiger partial charge in [0.2, 0.25) is 0 Å². The van der Waals surface area contributed by atoms with Gasteiger partial charge in [-0.3, -0.25) is 0 Å². The van der Waals surface area contributed by atoms with Crippen LogP contribution in [0.4, 0.5) is 0 Å². The Bertz CT molecular complexity index is 638. The molecule has 2 rings (SSSR count). The molecule has 0 aliphatic heterocycles. The van der Waals surface area contributed by atoms with Crippen LogP contribution in [0.5, 0.6) is 0 Å². The van der Waals surface area contributed by atoms with E-state index in [-0.39, 0.29) is 0 Å². The van der Waals surface area contributed by atoms with Crippen molar-refractivity contribution < 1.29 is 0 Å². The van der Waals surface area contributed by atoms with Gasteiger partial charge in [0.15, 0.2) is 0 Å². The molecule has 6 heteroatoms. The van der Waals surface area contributed by atoms with Crippen LogP contribution in [0.2, 0.25) is 15.1 Å². The summed E-state index contributed by atoms with van der Waals surface area (Å²) in [5.41, 5.74) is 0.382. The van der Waals surface area contributed by atoms with E-state index in [1.165, 1.54) is 18.0 Å². The third-order valence-electron chi connectivity index (χ3n) is 2.08. The first-order valence-electron chi connectivity index (χ1n) is 4.79. The van der Waals surface area contributed by atoms with E-state index in [9.17, 15) is 0 Å². The fourth-order valence-electron chi connectivity index (χ4n) is 1.24. The van der Waals surface area contributed by atoms with Crippen molar-refractivity contribution in [1.82, 2.24) is 4.98 Å². The first-order chi connectivity index (χ1) is 8.61. The van der Waals surface area contributed by atoms with Gasteiger partial charge in [-0.05, 0) is 24.3 Å². The lowest BCUT2D eigenvalue weighted by atomic mass is 10.3. The average Bonchev–Trinajstić information content (AvgIpc) is 2.36. The summed E-state index contributed by atoms with van der Waals surface area (Å²) in [6, 6.07) is 8.70. The first kappa shape index (κ1) is 13.5. The summed E-state index contributed by atoms with van der Waals surface area (Å²) in [5, 5.41) is 10.9. The topological polar surface area (TPSA) is 36.7 Å². The predicted octanol–water partition coefficient (Wildman–Crippen LogP) is 5.06. The van der Waals surface area contributed by atoms with Gasteiger partial charge >= 0.3 is 0 Å². The Balaban J connectivity index is 2.41. The van der Waals surface area contributed by atoms with E-state index in [1.54, 1.807) is 24.3 Å². The minimum atomic E-state index is 0.320. The molecule has 0 saturated carbocycles. The van der Waals surface area contributed by atoms with Gasteiger partial charge in [0.05, 0.1) is 15.6 Å². The van der Waals surface area contributed by atoms with Crippen LogP contribution in [-0.2, 0) is 0 Å². The molecule has 18 heavy (non-hydrogen) atoms. The van der Waals surface area contributed by atoms with Crippen LogP contribution in [0, 0.1) is 11.3 Å². The van der Waals surface area contributed by atoms with Gasteiger partial charge in [-0.1, -0.05) is 46.6 Å². The van der Waals surface area contributed by atoms with Gasteiger partial charge in [-0.15, -0.1) is 0 Å². The zero-order chi connectivity index (χ0) is 13.1. The van der Waals surface area contributed by atoms with E-state index < -0.39 is 0 Å². The highest BCUT2D eigenvalue weighted by Gasteiger charge is 2.11. The number of rotatable bonds is 2. The van der Waals surface area contributed by atoms with Crippen LogP contribution >= 0.6 is 46.6 Å². The van der Waals surface area contributed by atoms with Crippen molar-refractivity contribution in [3.8, 4) is 6.07 Å². The largest absolute Gasteiger partial charge is 0.248 e. The third kappa shape index (κ3) is 2.90. The van der Waals surface area contributed by atoms with Gasteiger partial charge in [0.1, 0.15) is 11.1 Å². The van der Waals surface area contributed by atoms with Gasteiger partial charge < -0.3 is 0 Å². The molecule has 90 valence electrons. The van der Waals surface area contributed by atoms with Crippen molar-refractivity contribution in [2.24, 2.45) is 0 Å². The molecule has 1 heterocycles. The first-order valence-corrected chi connectivity index (χ1v) is 6.74. The van der Waals surface area contributed by atoms with E-state index in [0.717, 1.165) is 4.90 Å². The van der Waals surface area contributed by atoms with E-state index in [0.29, 0.717) is 25.7 Å². The molecule has 0 spiro atoms. The number of hydrogen-bond acceptors (Lipinski definition) is 3. The molecule has 0 aliphatic carbocycles. The maximum absolute atomic E-state index is 8.89. The normalized spacial score (nSPS) is 10.1. The summed E-state index contributed by atoms with van der Waals surface area (Å²) in [6.45, 7) is 0. The SMILES string of the molecule is N#Cc1ccnc(Sc2cc(Cl)ccc2Cl)c1Cl. The molecule has 1 aromatic heterocycles. The van der Waals surface area contributed by atoms with Crippen molar-refractivity contribution in [2.75, 3.05) is 0 Å². The molecule has 2 nitrogen and oxygen atoms in total. The van der Waals surface area contributed by atoms with Crippen molar-refractivity contribution >= 4 is 46.6 Å². The van der Waals surface area contributed by atoms with Crippen LogP contribution in [-0.4, -0.2) is 4.98 Å². The van der Waals surface area contributed by atoms with Crippen LogP contribution in [0.1, 0.15) is 5.56 Å². The van der Waals surface area contributed by atoms with Crippen molar-refractivity contribution in [3.63, 3.8) is 0 Å². The Labute approximate surface area is 123 Å². The summed E-state index contributed by atoms with van der Waals surface area (Å²) < 4.78 is 0. The molecule has 0 aliphatic rings. The highest BCUT2D eigenvalue weighted by Crippen LogP contribution is 2.37. The van der Waals surface area contributed by atoms with Crippen molar-refractivity contribution in [2.45, 2.75) is 9.92 Å². The second-order valence-corrected chi connectivity index (χ2v) is 5.52. The van der Waals surface area contributed by atoms with Gasteiger partial charge in [-0.25, -0.2) is 4.98 Å². The van der Waals surface area contributed by atoms with E-state index in [1.807, 2.05) is 6.07 Å². The number of aromatic nitrogens is 1. The molecule has 0 unspecified atom stereocenters. The van der Waals surface area contributed by atoms with Crippen LogP contribution in [0.15, 0.2) is 40.4 Å². The summed E-state index contributed by atoms with van der Waals surface area (Å²) in [4.78, 5) is 4.88. The Morgan fingerprint density at radius 2 is 1.94 bits per heavy atom. The summed E-state index contributed by atoms with van der Waals surface area (Å²) >= 11 is 19.3. The lowest BCUT2D eigenvalue weighted by molar-refractivity contribution is 1.12. The van der Waals surface area contributed by atoms with Gasteiger partial charge in [0, 0.05) is 16.1 Å². The molecule has 0 atom stereocenters. The molecule has 2 aromatic rings. The Kier molecular flexibility index (Phi) is 4.36. The number of pyridine rings is 1. The lowest BCUT2D eigenvalue weighted by Gasteiger charge is -2.06. The molecule has 0 N–H and O–H groups in total. The average molecular weight is 316 g/mol. The monoisotopic (exact) mass is 314 g/mol. The van der Waals surface area contributed by atoms with Gasteiger partial charge in [0.25, 0.3) is 0 Å². The fraction of sp³-hybridized carbons (Fsp3) is 0. The molecular weight excluding hydrogens is 311 g/mol. The summed E-state index contributed by atoms with van der Waals surface area (Å²) in [6.07, 6.45) is 1.53. The molecular formula is C12H5Cl3N2S. The quantitative estimate of drug-likeness (QED) is 0.776. The van der Waals surface area contributed by atoms with Crippen LogP contribution < -0.4 is 0 Å². The van der Waals surface area contributed by atoms with Crippen molar-refractivity contribution in [1.29, 1.82) is 5.26 Å². The maximum atomic E-state index is 8.89.